The fourth-order valence-electron chi connectivity index (χ4n) is 1.46. The van der Waals surface area contributed by atoms with Gasteiger partial charge in [0.1, 0.15) is 15.9 Å². The van der Waals surface area contributed by atoms with E-state index in [1.54, 1.807) is 6.07 Å². The minimum absolute atomic E-state index is 0.0305. The summed E-state index contributed by atoms with van der Waals surface area (Å²) in [5.74, 6) is 0.0305. The molecule has 78 valence electrons. The summed E-state index contributed by atoms with van der Waals surface area (Å²) in [7, 11) is -4.47. The van der Waals surface area contributed by atoms with Crippen molar-refractivity contribution in [3.63, 3.8) is 0 Å². The number of phenols is 1. The molecule has 0 saturated carbocycles. The Balaban J connectivity index is 2.89. The SMILES string of the molecule is O=S(=O)([O-])c1cccc2cc(O)ccc12. The third kappa shape index (κ3) is 1.79. The summed E-state index contributed by atoms with van der Waals surface area (Å²) < 4.78 is 32.7. The molecule has 0 radical (unpaired) electrons. The predicted octanol–water partition coefficient (Wildman–Crippen LogP) is 1.45. The molecule has 2 rings (SSSR count). The smallest absolute Gasteiger partial charge is 0.125 e. The van der Waals surface area contributed by atoms with Crippen molar-refractivity contribution in [1.29, 1.82) is 0 Å². The van der Waals surface area contributed by atoms with Crippen LogP contribution in [0.25, 0.3) is 10.8 Å². The van der Waals surface area contributed by atoms with E-state index in [1.165, 1.54) is 30.3 Å². The van der Waals surface area contributed by atoms with Gasteiger partial charge >= 0.3 is 0 Å². The third-order valence-electron chi connectivity index (χ3n) is 2.09. The highest BCUT2D eigenvalue weighted by Gasteiger charge is 2.06. The van der Waals surface area contributed by atoms with Crippen molar-refractivity contribution >= 4 is 20.9 Å². The second-order valence-electron chi connectivity index (χ2n) is 3.12. The predicted molar refractivity (Wildman–Crippen MR) is 53.6 cm³/mol. The molecular weight excluding hydrogens is 216 g/mol. The quantitative estimate of drug-likeness (QED) is 0.742. The van der Waals surface area contributed by atoms with Crippen LogP contribution in [-0.2, 0) is 10.1 Å². The monoisotopic (exact) mass is 223 g/mol. The number of hydrogen-bond acceptors (Lipinski definition) is 4. The van der Waals surface area contributed by atoms with Crippen molar-refractivity contribution in [3.8, 4) is 5.75 Å². The number of hydrogen-bond donors (Lipinski definition) is 1. The van der Waals surface area contributed by atoms with Crippen molar-refractivity contribution in [3.05, 3.63) is 36.4 Å². The summed E-state index contributed by atoms with van der Waals surface area (Å²) in [6, 6.07) is 8.51. The van der Waals surface area contributed by atoms with Crippen LogP contribution in [0.3, 0.4) is 0 Å². The molecule has 0 aliphatic carbocycles. The summed E-state index contributed by atoms with van der Waals surface area (Å²) in [6.07, 6.45) is 0. The van der Waals surface area contributed by atoms with Crippen molar-refractivity contribution in [2.24, 2.45) is 0 Å². The Morgan fingerprint density at radius 2 is 1.87 bits per heavy atom. The van der Waals surface area contributed by atoms with Gasteiger partial charge in [-0.25, -0.2) is 8.42 Å². The summed E-state index contributed by atoms with van der Waals surface area (Å²) in [6.45, 7) is 0. The lowest BCUT2D eigenvalue weighted by Crippen LogP contribution is -1.99. The molecule has 0 amide bonds. The van der Waals surface area contributed by atoms with Gasteiger partial charge in [-0.05, 0) is 35.0 Å². The lowest BCUT2D eigenvalue weighted by molar-refractivity contribution is 0.463. The Morgan fingerprint density at radius 3 is 2.53 bits per heavy atom. The summed E-state index contributed by atoms with van der Waals surface area (Å²) in [4.78, 5) is -0.264. The zero-order chi connectivity index (χ0) is 11.1. The largest absolute Gasteiger partial charge is 0.744 e. The standard InChI is InChI=1S/C10H8O4S/c11-8-4-5-9-7(6-8)2-1-3-10(9)15(12,13)14/h1-6,11H,(H,12,13,14)/p-1. The van der Waals surface area contributed by atoms with Crippen molar-refractivity contribution in [2.75, 3.05) is 0 Å². The van der Waals surface area contributed by atoms with Crippen LogP contribution in [0.4, 0.5) is 0 Å². The molecule has 0 aromatic heterocycles. The second-order valence-corrected chi connectivity index (χ2v) is 4.46. The van der Waals surface area contributed by atoms with E-state index >= 15 is 0 Å². The summed E-state index contributed by atoms with van der Waals surface area (Å²) in [5, 5.41) is 10.0. The second kappa shape index (κ2) is 3.22. The zero-order valence-corrected chi connectivity index (χ0v) is 8.36. The molecule has 0 bridgehead atoms. The third-order valence-corrected chi connectivity index (χ3v) is 2.99. The highest BCUT2D eigenvalue weighted by molar-refractivity contribution is 7.86. The number of aromatic hydroxyl groups is 1. The molecule has 1 N–H and O–H groups in total. The molecule has 0 aliphatic heterocycles. The Hall–Kier alpha value is -1.59. The van der Waals surface area contributed by atoms with Crippen molar-refractivity contribution < 1.29 is 18.1 Å². The lowest BCUT2D eigenvalue weighted by Gasteiger charge is -2.10. The number of rotatable bonds is 1. The summed E-state index contributed by atoms with van der Waals surface area (Å²) >= 11 is 0. The van der Waals surface area contributed by atoms with Crippen LogP contribution in [0.2, 0.25) is 0 Å². The zero-order valence-electron chi connectivity index (χ0n) is 7.54. The van der Waals surface area contributed by atoms with Gasteiger partial charge in [-0.15, -0.1) is 0 Å². The van der Waals surface area contributed by atoms with Crippen molar-refractivity contribution in [2.45, 2.75) is 4.90 Å². The Kier molecular flexibility index (Phi) is 2.13. The van der Waals surface area contributed by atoms with Crippen LogP contribution in [0.15, 0.2) is 41.3 Å². The fraction of sp³-hybridized carbons (Fsp3) is 0. The fourth-order valence-corrected chi connectivity index (χ4v) is 2.16. The van der Waals surface area contributed by atoms with Gasteiger partial charge < -0.3 is 9.66 Å². The Labute approximate surface area is 86.5 Å². The van der Waals surface area contributed by atoms with E-state index in [2.05, 4.69) is 0 Å². The highest BCUT2D eigenvalue weighted by atomic mass is 32.2. The molecule has 0 unspecified atom stereocenters. The molecule has 15 heavy (non-hydrogen) atoms. The van der Waals surface area contributed by atoms with E-state index in [9.17, 15) is 18.1 Å². The van der Waals surface area contributed by atoms with E-state index in [-0.39, 0.29) is 10.6 Å². The van der Waals surface area contributed by atoms with Crippen LogP contribution < -0.4 is 0 Å². The topological polar surface area (TPSA) is 77.4 Å². The van der Waals surface area contributed by atoms with Crippen LogP contribution in [-0.4, -0.2) is 18.1 Å². The van der Waals surface area contributed by atoms with Gasteiger partial charge in [0.05, 0.1) is 4.90 Å². The van der Waals surface area contributed by atoms with Gasteiger partial charge in [0, 0.05) is 0 Å². The molecule has 2 aromatic rings. The first kappa shape index (κ1) is 9.95. The number of fused-ring (bicyclic) bond motifs is 1. The molecule has 0 atom stereocenters. The average molecular weight is 223 g/mol. The molecule has 0 fully saturated rings. The van der Waals surface area contributed by atoms with E-state index in [1.807, 2.05) is 0 Å². The molecule has 0 saturated heterocycles. The van der Waals surface area contributed by atoms with Crippen molar-refractivity contribution in [1.82, 2.24) is 0 Å². The average Bonchev–Trinajstić information content (AvgIpc) is 2.15. The van der Waals surface area contributed by atoms with Crippen LogP contribution in [0.1, 0.15) is 0 Å². The molecule has 5 heteroatoms. The van der Waals surface area contributed by atoms with E-state index in [0.717, 1.165) is 0 Å². The first-order valence-electron chi connectivity index (χ1n) is 4.16. The molecule has 0 aliphatic rings. The molecule has 0 heterocycles. The van der Waals surface area contributed by atoms with Crippen LogP contribution in [0.5, 0.6) is 5.75 Å². The van der Waals surface area contributed by atoms with E-state index < -0.39 is 10.1 Å². The minimum Gasteiger partial charge on any atom is -0.744 e. The normalized spacial score (nSPS) is 11.8. The first-order chi connectivity index (χ1) is 6.98. The maximum Gasteiger partial charge on any atom is 0.125 e. The molecular formula is C10H7O4S-. The summed E-state index contributed by atoms with van der Waals surface area (Å²) in [5.41, 5.74) is 0. The number of benzene rings is 2. The number of phenolic OH excluding ortho intramolecular Hbond substituents is 1. The van der Waals surface area contributed by atoms with Gasteiger partial charge in [0.15, 0.2) is 0 Å². The van der Waals surface area contributed by atoms with Gasteiger partial charge in [-0.2, -0.15) is 0 Å². The Morgan fingerprint density at radius 1 is 1.13 bits per heavy atom. The van der Waals surface area contributed by atoms with Gasteiger partial charge in [0.25, 0.3) is 0 Å². The highest BCUT2D eigenvalue weighted by Crippen LogP contribution is 2.25. The first-order valence-corrected chi connectivity index (χ1v) is 5.57. The molecule has 4 nitrogen and oxygen atoms in total. The van der Waals surface area contributed by atoms with Crippen LogP contribution >= 0.6 is 0 Å². The molecule has 0 spiro atoms. The Bertz CT molecular complexity index is 616. The maximum atomic E-state index is 10.9. The van der Waals surface area contributed by atoms with E-state index in [4.69, 9.17) is 0 Å². The molecule has 2 aromatic carbocycles. The minimum atomic E-state index is -4.47. The van der Waals surface area contributed by atoms with Gasteiger partial charge in [-0.1, -0.05) is 12.1 Å². The van der Waals surface area contributed by atoms with Crippen LogP contribution in [0, 0.1) is 0 Å². The van der Waals surface area contributed by atoms with Gasteiger partial charge in [-0.3, -0.25) is 0 Å². The van der Waals surface area contributed by atoms with Gasteiger partial charge in [0.2, 0.25) is 0 Å². The maximum absolute atomic E-state index is 10.9. The van der Waals surface area contributed by atoms with E-state index in [0.29, 0.717) is 10.8 Å². The lowest BCUT2D eigenvalue weighted by atomic mass is 10.1.